The average Bonchev–Trinajstić information content (AvgIpc) is 2.11. The Morgan fingerprint density at radius 3 is 2.57 bits per heavy atom. The average molecular weight is 200 g/mol. The first-order valence-electron chi connectivity index (χ1n) is 3.94. The van der Waals surface area contributed by atoms with Gasteiger partial charge >= 0.3 is 6.03 Å². The largest absolute Gasteiger partial charge is 0.331 e. The van der Waals surface area contributed by atoms with E-state index >= 15 is 0 Å². The third-order valence-electron chi connectivity index (χ3n) is 1.58. The van der Waals surface area contributed by atoms with Gasteiger partial charge in [-0.15, -0.1) is 0 Å². The molecule has 0 saturated carbocycles. The maximum absolute atomic E-state index is 13.0. The standard InChI is InChI=1S/C9H10F2N2O/c1-13(2)9(14)12-8-5-6(10)3-4-7(8)11/h3-5H,1-2H3,(H,12,14). The molecule has 0 radical (unpaired) electrons. The van der Waals surface area contributed by atoms with Crippen molar-refractivity contribution in [3.05, 3.63) is 29.8 Å². The predicted molar refractivity (Wildman–Crippen MR) is 49.1 cm³/mol. The molecule has 0 atom stereocenters. The molecule has 0 spiro atoms. The highest BCUT2D eigenvalue weighted by Crippen LogP contribution is 2.15. The molecule has 1 rings (SSSR count). The summed E-state index contributed by atoms with van der Waals surface area (Å²) in [6.45, 7) is 0. The predicted octanol–water partition coefficient (Wildman–Crippen LogP) is 2.06. The first kappa shape index (κ1) is 10.4. The van der Waals surface area contributed by atoms with Gasteiger partial charge in [0.15, 0.2) is 0 Å². The van der Waals surface area contributed by atoms with E-state index in [0.717, 1.165) is 18.2 Å². The second kappa shape index (κ2) is 4.04. The van der Waals surface area contributed by atoms with Gasteiger partial charge in [-0.1, -0.05) is 0 Å². The molecule has 76 valence electrons. The molecule has 0 aliphatic heterocycles. The zero-order chi connectivity index (χ0) is 10.7. The summed E-state index contributed by atoms with van der Waals surface area (Å²) in [5.41, 5.74) is -0.163. The second-order valence-corrected chi connectivity index (χ2v) is 2.95. The van der Waals surface area contributed by atoms with Crippen LogP contribution in [0.4, 0.5) is 19.3 Å². The van der Waals surface area contributed by atoms with Gasteiger partial charge in [0.1, 0.15) is 11.6 Å². The minimum absolute atomic E-state index is 0.163. The lowest BCUT2D eigenvalue weighted by Gasteiger charge is -2.12. The molecule has 2 amide bonds. The molecule has 1 N–H and O–H groups in total. The van der Waals surface area contributed by atoms with Crippen molar-refractivity contribution in [2.24, 2.45) is 0 Å². The Morgan fingerprint density at radius 1 is 1.36 bits per heavy atom. The van der Waals surface area contributed by atoms with Gasteiger partial charge in [0.05, 0.1) is 5.69 Å². The minimum atomic E-state index is -0.665. The lowest BCUT2D eigenvalue weighted by molar-refractivity contribution is 0.230. The fourth-order valence-corrected chi connectivity index (χ4v) is 0.820. The fourth-order valence-electron chi connectivity index (χ4n) is 0.820. The van der Waals surface area contributed by atoms with Crippen molar-refractivity contribution in [1.82, 2.24) is 4.90 Å². The Balaban J connectivity index is 2.86. The second-order valence-electron chi connectivity index (χ2n) is 2.95. The molecule has 1 aromatic rings. The molecular formula is C9H10F2N2O. The number of carbonyl (C=O) groups excluding carboxylic acids is 1. The number of urea groups is 1. The summed E-state index contributed by atoms with van der Waals surface area (Å²) in [6, 6.07) is 2.37. The topological polar surface area (TPSA) is 32.3 Å². The van der Waals surface area contributed by atoms with E-state index < -0.39 is 17.7 Å². The fraction of sp³-hybridized carbons (Fsp3) is 0.222. The van der Waals surface area contributed by atoms with E-state index in [1.807, 2.05) is 0 Å². The molecule has 0 aliphatic rings. The Bertz CT molecular complexity index is 353. The van der Waals surface area contributed by atoms with Crippen molar-refractivity contribution in [3.63, 3.8) is 0 Å². The van der Waals surface area contributed by atoms with Crippen molar-refractivity contribution >= 4 is 11.7 Å². The SMILES string of the molecule is CN(C)C(=O)Nc1cc(F)ccc1F. The van der Waals surface area contributed by atoms with Crippen LogP contribution < -0.4 is 5.32 Å². The van der Waals surface area contributed by atoms with Gasteiger partial charge in [-0.25, -0.2) is 13.6 Å². The number of benzene rings is 1. The van der Waals surface area contributed by atoms with Gasteiger partial charge in [-0.3, -0.25) is 0 Å². The maximum Gasteiger partial charge on any atom is 0.321 e. The van der Waals surface area contributed by atoms with Crippen LogP contribution in [0.3, 0.4) is 0 Å². The van der Waals surface area contributed by atoms with Crippen molar-refractivity contribution < 1.29 is 13.6 Å². The molecule has 5 heteroatoms. The monoisotopic (exact) mass is 200 g/mol. The van der Waals surface area contributed by atoms with Crippen LogP contribution in [-0.2, 0) is 0 Å². The first-order valence-corrected chi connectivity index (χ1v) is 3.94. The summed E-state index contributed by atoms with van der Waals surface area (Å²) in [5, 5.41) is 2.22. The summed E-state index contributed by atoms with van der Waals surface area (Å²) < 4.78 is 25.7. The molecule has 3 nitrogen and oxygen atoms in total. The number of anilines is 1. The van der Waals surface area contributed by atoms with E-state index in [9.17, 15) is 13.6 Å². The van der Waals surface area contributed by atoms with Gasteiger partial charge in [-0.05, 0) is 12.1 Å². The van der Waals surface area contributed by atoms with Crippen LogP contribution in [0.25, 0.3) is 0 Å². The van der Waals surface area contributed by atoms with Gasteiger partial charge in [-0.2, -0.15) is 0 Å². The van der Waals surface area contributed by atoms with E-state index in [1.165, 1.54) is 19.0 Å². The number of carbonyl (C=O) groups is 1. The normalized spacial score (nSPS) is 9.71. The van der Waals surface area contributed by atoms with E-state index in [2.05, 4.69) is 5.32 Å². The summed E-state index contributed by atoms with van der Waals surface area (Å²) in [6.07, 6.45) is 0. The number of nitrogens with one attached hydrogen (secondary N) is 1. The Morgan fingerprint density at radius 2 is 2.00 bits per heavy atom. The van der Waals surface area contributed by atoms with Gasteiger partial charge < -0.3 is 10.2 Å². The highest BCUT2D eigenvalue weighted by atomic mass is 19.1. The summed E-state index contributed by atoms with van der Waals surface area (Å²) in [4.78, 5) is 12.3. The molecule has 0 saturated heterocycles. The van der Waals surface area contributed by atoms with Crippen LogP contribution in [0.5, 0.6) is 0 Å². The molecule has 0 aromatic heterocycles. The van der Waals surface area contributed by atoms with Crippen LogP contribution in [0.15, 0.2) is 18.2 Å². The van der Waals surface area contributed by atoms with Crippen LogP contribution in [0, 0.1) is 11.6 Å². The van der Waals surface area contributed by atoms with E-state index in [0.29, 0.717) is 0 Å². The number of halogens is 2. The highest BCUT2D eigenvalue weighted by molar-refractivity contribution is 5.89. The zero-order valence-electron chi connectivity index (χ0n) is 7.84. The third-order valence-corrected chi connectivity index (χ3v) is 1.58. The van der Waals surface area contributed by atoms with Gasteiger partial charge in [0.25, 0.3) is 0 Å². The molecule has 14 heavy (non-hydrogen) atoms. The summed E-state index contributed by atoms with van der Waals surface area (Å²) in [5.74, 6) is -1.26. The van der Waals surface area contributed by atoms with Crippen LogP contribution >= 0.6 is 0 Å². The summed E-state index contributed by atoms with van der Waals surface area (Å²) in [7, 11) is 3.01. The van der Waals surface area contributed by atoms with Crippen molar-refractivity contribution in [2.75, 3.05) is 19.4 Å². The number of hydrogen-bond donors (Lipinski definition) is 1. The smallest absolute Gasteiger partial charge is 0.321 e. The Labute approximate surface area is 80.3 Å². The molecule has 0 bridgehead atoms. The molecule has 0 aliphatic carbocycles. The lowest BCUT2D eigenvalue weighted by atomic mass is 10.3. The minimum Gasteiger partial charge on any atom is -0.331 e. The van der Waals surface area contributed by atoms with Gasteiger partial charge in [0.2, 0.25) is 0 Å². The third kappa shape index (κ3) is 2.42. The molecule has 0 unspecified atom stereocenters. The zero-order valence-corrected chi connectivity index (χ0v) is 7.84. The highest BCUT2D eigenvalue weighted by Gasteiger charge is 2.08. The van der Waals surface area contributed by atoms with Crippen LogP contribution in [-0.4, -0.2) is 25.0 Å². The first-order chi connectivity index (χ1) is 6.50. The number of amides is 2. The number of hydrogen-bond acceptors (Lipinski definition) is 1. The number of nitrogens with zero attached hydrogens (tertiary/aromatic N) is 1. The van der Waals surface area contributed by atoms with Crippen LogP contribution in [0.2, 0.25) is 0 Å². The maximum atomic E-state index is 13.0. The molecule has 1 aromatic carbocycles. The lowest BCUT2D eigenvalue weighted by Crippen LogP contribution is -2.27. The van der Waals surface area contributed by atoms with E-state index in [4.69, 9.17) is 0 Å². The molecule has 0 heterocycles. The van der Waals surface area contributed by atoms with Crippen molar-refractivity contribution in [2.45, 2.75) is 0 Å². The molecule has 0 fully saturated rings. The summed E-state index contributed by atoms with van der Waals surface area (Å²) >= 11 is 0. The van der Waals surface area contributed by atoms with E-state index in [1.54, 1.807) is 0 Å². The number of rotatable bonds is 1. The Hall–Kier alpha value is -1.65. The van der Waals surface area contributed by atoms with Gasteiger partial charge in [0, 0.05) is 20.2 Å². The van der Waals surface area contributed by atoms with E-state index in [-0.39, 0.29) is 5.69 Å². The molecular weight excluding hydrogens is 190 g/mol. The Kier molecular flexibility index (Phi) is 3.01. The van der Waals surface area contributed by atoms with Crippen molar-refractivity contribution in [3.8, 4) is 0 Å². The van der Waals surface area contributed by atoms with Crippen molar-refractivity contribution in [1.29, 1.82) is 0 Å². The quantitative estimate of drug-likeness (QED) is 0.739. The van der Waals surface area contributed by atoms with Crippen LogP contribution in [0.1, 0.15) is 0 Å².